The molecule has 0 spiro atoms. The third-order valence-electron chi connectivity index (χ3n) is 23.2. The summed E-state index contributed by atoms with van der Waals surface area (Å²) in [7, 11) is 0. The maximum absolute atomic E-state index is 2.43. The molecule has 516 valence electrons. The third-order valence-corrected chi connectivity index (χ3v) is 23.2. The zero-order chi connectivity index (χ0) is 72.6. The highest BCUT2D eigenvalue weighted by Gasteiger charge is 2.24. The van der Waals surface area contributed by atoms with Crippen LogP contribution in [0.5, 0.6) is 0 Å². The SMILES string of the molecule is Cc1cc(C)c(-c2c3ccccc3c(-c3ccc(-n4c5ccccc5c5cc(-c6cccc(-c7ccccc7)c6)ccc54)cc3)c3ccccc23)c(C)c1.c1ccc(-c2cccc(-c3ccc4c(c3)c3ccccc3n4-c3ccc(-c4c5ccccc5c(-c5cccc6c5CCCC6)c5ccccc45)cc3)c2)cc1. The Labute approximate surface area is 636 Å². The van der Waals surface area contributed by atoms with Gasteiger partial charge in [-0.05, 0) is 274 Å². The molecule has 2 heteroatoms. The van der Waals surface area contributed by atoms with E-state index in [0.29, 0.717) is 0 Å². The zero-order valence-corrected chi connectivity index (χ0v) is 61.4. The number of fused-ring (bicyclic) bond motifs is 11. The van der Waals surface area contributed by atoms with Gasteiger partial charge in [0.2, 0.25) is 0 Å². The van der Waals surface area contributed by atoms with Crippen LogP contribution < -0.4 is 0 Å². The second-order valence-corrected chi connectivity index (χ2v) is 29.8. The number of benzene rings is 18. The van der Waals surface area contributed by atoms with Crippen LogP contribution in [-0.2, 0) is 12.8 Å². The van der Waals surface area contributed by atoms with E-state index in [1.807, 2.05) is 0 Å². The van der Waals surface area contributed by atoms with Gasteiger partial charge in [-0.1, -0.05) is 303 Å². The Bertz CT molecular complexity index is 6830. The number of hydrogen-bond acceptors (Lipinski definition) is 0. The predicted molar refractivity (Wildman–Crippen MR) is 466 cm³/mol. The molecule has 0 aliphatic heterocycles. The Morgan fingerprint density at radius 2 is 0.523 bits per heavy atom. The molecule has 18 aromatic carbocycles. The number of nitrogens with zero attached hydrogens (tertiary/aromatic N) is 2. The molecule has 1 aliphatic carbocycles. The van der Waals surface area contributed by atoms with Gasteiger partial charge in [0.25, 0.3) is 0 Å². The Kier molecular flexibility index (Phi) is 16.2. The first-order valence-corrected chi connectivity index (χ1v) is 38.5. The molecule has 1 aliphatic rings. The highest BCUT2D eigenvalue weighted by Crippen LogP contribution is 2.49. The Morgan fingerprint density at radius 1 is 0.202 bits per heavy atom. The molecule has 0 unspecified atom stereocenters. The lowest BCUT2D eigenvalue weighted by molar-refractivity contribution is 0.687. The van der Waals surface area contributed by atoms with Crippen molar-refractivity contribution in [3.63, 3.8) is 0 Å². The van der Waals surface area contributed by atoms with Gasteiger partial charge in [0.1, 0.15) is 0 Å². The highest BCUT2D eigenvalue weighted by molar-refractivity contribution is 6.24. The molecule has 0 radical (unpaired) electrons. The molecular formula is C107H78N2. The average Bonchev–Trinajstić information content (AvgIpc) is 1.63. The molecule has 0 bridgehead atoms. The van der Waals surface area contributed by atoms with Gasteiger partial charge >= 0.3 is 0 Å². The van der Waals surface area contributed by atoms with Crippen molar-refractivity contribution in [2.24, 2.45) is 0 Å². The van der Waals surface area contributed by atoms with E-state index < -0.39 is 0 Å². The van der Waals surface area contributed by atoms with E-state index >= 15 is 0 Å². The maximum atomic E-state index is 2.43. The van der Waals surface area contributed by atoms with E-state index in [1.54, 1.807) is 5.56 Å². The second-order valence-electron chi connectivity index (χ2n) is 29.8. The molecule has 0 saturated carbocycles. The second kappa shape index (κ2) is 27.2. The molecule has 2 heterocycles. The first-order valence-electron chi connectivity index (χ1n) is 38.5. The van der Waals surface area contributed by atoms with Crippen LogP contribution in [0.25, 0.3) is 187 Å². The molecule has 0 amide bonds. The van der Waals surface area contributed by atoms with Crippen molar-refractivity contribution in [1.82, 2.24) is 9.13 Å². The fourth-order valence-electron chi connectivity index (χ4n) is 18.5. The summed E-state index contributed by atoms with van der Waals surface area (Å²) >= 11 is 0. The maximum Gasteiger partial charge on any atom is 0.0541 e. The molecule has 0 N–H and O–H groups in total. The Hall–Kier alpha value is -13.4. The van der Waals surface area contributed by atoms with Crippen molar-refractivity contribution >= 4 is 86.7 Å². The number of aromatic nitrogens is 2. The van der Waals surface area contributed by atoms with Crippen LogP contribution in [-0.4, -0.2) is 9.13 Å². The van der Waals surface area contributed by atoms with Crippen molar-refractivity contribution in [1.29, 1.82) is 0 Å². The largest absolute Gasteiger partial charge is 0.309 e. The lowest BCUT2D eigenvalue weighted by Crippen LogP contribution is -2.04. The van der Waals surface area contributed by atoms with Crippen LogP contribution in [0.1, 0.15) is 40.7 Å². The number of para-hydroxylation sites is 2. The van der Waals surface area contributed by atoms with Crippen molar-refractivity contribution in [2.45, 2.75) is 46.5 Å². The highest BCUT2D eigenvalue weighted by atomic mass is 15.0. The van der Waals surface area contributed by atoms with E-state index in [9.17, 15) is 0 Å². The first-order chi connectivity index (χ1) is 53.8. The van der Waals surface area contributed by atoms with Crippen LogP contribution >= 0.6 is 0 Å². The van der Waals surface area contributed by atoms with Crippen molar-refractivity contribution < 1.29 is 0 Å². The first kappa shape index (κ1) is 65.1. The minimum absolute atomic E-state index is 1.15. The van der Waals surface area contributed by atoms with Crippen molar-refractivity contribution in [3.8, 4) is 100 Å². The molecule has 109 heavy (non-hydrogen) atoms. The van der Waals surface area contributed by atoms with Gasteiger partial charge in [-0.25, -0.2) is 0 Å². The van der Waals surface area contributed by atoms with E-state index in [0.717, 1.165) is 17.8 Å². The molecule has 21 rings (SSSR count). The summed E-state index contributed by atoms with van der Waals surface area (Å²) in [5.41, 5.74) is 34.5. The summed E-state index contributed by atoms with van der Waals surface area (Å²) in [6.07, 6.45) is 4.88. The molecule has 0 atom stereocenters. The predicted octanol–water partition coefficient (Wildman–Crippen LogP) is 29.3. The third kappa shape index (κ3) is 11.3. The molecule has 0 fully saturated rings. The summed E-state index contributed by atoms with van der Waals surface area (Å²) in [5, 5.41) is 15.4. The van der Waals surface area contributed by atoms with Crippen LogP contribution in [0.3, 0.4) is 0 Å². The smallest absolute Gasteiger partial charge is 0.0541 e. The van der Waals surface area contributed by atoms with E-state index in [2.05, 4.69) is 400 Å². The Balaban J connectivity index is 0.000000143. The number of aryl methyl sites for hydroxylation is 4. The number of hydrogen-bond donors (Lipinski definition) is 0. The number of rotatable bonds is 10. The topological polar surface area (TPSA) is 9.86 Å². The molecule has 2 aromatic heterocycles. The van der Waals surface area contributed by atoms with Crippen LogP contribution in [0.4, 0.5) is 0 Å². The minimum atomic E-state index is 1.15. The molecule has 2 nitrogen and oxygen atoms in total. The normalized spacial score (nSPS) is 12.2. The summed E-state index contributed by atoms with van der Waals surface area (Å²) in [4.78, 5) is 0. The lowest BCUT2D eigenvalue weighted by Gasteiger charge is -2.23. The standard InChI is InChI=1S/C54H39N.C53H39N/c1-2-14-36(15-3-1)39-18-12-19-40(34-39)41-30-33-52-50(35-41)44-21-10-11-27-51(44)55(52)42-31-28-38(29-32-42)53-46-22-6-8-24-48(46)54(49-25-9-7-23-47(49)53)45-26-13-17-37-16-4-5-20-43(37)45;1-34-30-35(2)51(36(3)31-34)53-46-21-9-7-19-44(46)52(45-20-8-10-22-47(45)53)38-24-27-42(28-25-38)54-49-23-12-11-18-43(49)48-33-41(26-29-50(48)54)40-17-13-16-39(32-40)37-14-5-4-6-15-37/h1-3,6-15,17-19,21-35H,4-5,16,20H2;4-33H,1-3H3. The minimum Gasteiger partial charge on any atom is -0.309 e. The Morgan fingerprint density at radius 3 is 0.954 bits per heavy atom. The summed E-state index contributed by atoms with van der Waals surface area (Å²) in [6.45, 7) is 6.70. The van der Waals surface area contributed by atoms with Crippen molar-refractivity contribution in [2.75, 3.05) is 0 Å². The van der Waals surface area contributed by atoms with Crippen LogP contribution in [0.2, 0.25) is 0 Å². The van der Waals surface area contributed by atoms with Gasteiger partial charge in [-0.2, -0.15) is 0 Å². The zero-order valence-electron chi connectivity index (χ0n) is 61.4. The van der Waals surface area contributed by atoms with Gasteiger partial charge in [0.05, 0.1) is 22.1 Å². The monoisotopic (exact) mass is 1390 g/mol. The fourth-order valence-corrected chi connectivity index (χ4v) is 18.5. The quantitative estimate of drug-likeness (QED) is 0.121. The van der Waals surface area contributed by atoms with Gasteiger partial charge in [-0.15, -0.1) is 0 Å². The van der Waals surface area contributed by atoms with Crippen LogP contribution in [0.15, 0.2) is 370 Å². The molecular weight excluding hydrogens is 1310 g/mol. The average molecular weight is 1390 g/mol. The van der Waals surface area contributed by atoms with E-state index in [1.165, 1.54) is 217 Å². The van der Waals surface area contributed by atoms with Crippen molar-refractivity contribution in [3.05, 3.63) is 398 Å². The van der Waals surface area contributed by atoms with Gasteiger partial charge in [0, 0.05) is 32.9 Å². The molecule has 0 saturated heterocycles. The molecule has 20 aromatic rings. The van der Waals surface area contributed by atoms with Gasteiger partial charge in [-0.3, -0.25) is 0 Å². The van der Waals surface area contributed by atoms with E-state index in [4.69, 9.17) is 0 Å². The summed E-state index contributed by atoms with van der Waals surface area (Å²) < 4.78 is 4.84. The van der Waals surface area contributed by atoms with Gasteiger partial charge in [0.15, 0.2) is 0 Å². The van der Waals surface area contributed by atoms with Crippen LogP contribution in [0, 0.1) is 20.8 Å². The fraction of sp³-hybridized carbons (Fsp3) is 0.0654. The van der Waals surface area contributed by atoms with E-state index in [-0.39, 0.29) is 0 Å². The summed E-state index contributed by atoms with van der Waals surface area (Å²) in [5.74, 6) is 0. The summed E-state index contributed by atoms with van der Waals surface area (Å²) in [6, 6.07) is 137. The lowest BCUT2D eigenvalue weighted by atomic mass is 9.81. The van der Waals surface area contributed by atoms with Gasteiger partial charge < -0.3 is 9.13 Å².